The maximum atomic E-state index is 9.33. The van der Waals surface area contributed by atoms with E-state index >= 15 is 0 Å². The lowest BCUT2D eigenvalue weighted by Gasteiger charge is -2.28. The quantitative estimate of drug-likeness (QED) is 0.882. The first-order chi connectivity index (χ1) is 8.78. The molecule has 98 valence electrons. The molecule has 2 fully saturated rings. The van der Waals surface area contributed by atoms with Gasteiger partial charge >= 0.3 is 0 Å². The lowest BCUT2D eigenvalue weighted by Crippen LogP contribution is -2.30. The zero-order valence-corrected chi connectivity index (χ0v) is 10.9. The van der Waals surface area contributed by atoms with Gasteiger partial charge in [0.1, 0.15) is 12.1 Å². The molecule has 2 aliphatic carbocycles. The molecule has 0 saturated heterocycles. The Hall–Kier alpha value is -1.16. The Balaban J connectivity index is 1.69. The highest BCUT2D eigenvalue weighted by atomic mass is 16.3. The van der Waals surface area contributed by atoms with Crippen LogP contribution in [-0.2, 0) is 6.61 Å². The van der Waals surface area contributed by atoms with Gasteiger partial charge in [0.05, 0.1) is 6.61 Å². The maximum absolute atomic E-state index is 9.33. The Morgan fingerprint density at radius 3 is 2.94 bits per heavy atom. The summed E-state index contributed by atoms with van der Waals surface area (Å²) < 4.78 is 0. The number of aromatic nitrogens is 2. The zero-order valence-electron chi connectivity index (χ0n) is 10.9. The van der Waals surface area contributed by atoms with E-state index in [0.29, 0.717) is 0 Å². The fraction of sp³-hybridized carbons (Fsp3) is 0.714. The van der Waals surface area contributed by atoms with Gasteiger partial charge in [-0.1, -0.05) is 6.42 Å². The third kappa shape index (κ3) is 2.09. The van der Waals surface area contributed by atoms with Crippen molar-refractivity contribution in [3.05, 3.63) is 18.1 Å². The lowest BCUT2D eigenvalue weighted by molar-refractivity contribution is 0.280. The van der Waals surface area contributed by atoms with E-state index in [0.717, 1.165) is 35.7 Å². The van der Waals surface area contributed by atoms with Crippen molar-refractivity contribution in [2.24, 2.45) is 17.8 Å². The van der Waals surface area contributed by atoms with Crippen LogP contribution in [0.2, 0.25) is 0 Å². The van der Waals surface area contributed by atoms with E-state index in [1.54, 1.807) is 12.5 Å². The third-order valence-electron chi connectivity index (χ3n) is 4.69. The predicted molar refractivity (Wildman–Crippen MR) is 70.2 cm³/mol. The molecule has 0 spiro atoms. The molecule has 1 aromatic heterocycles. The van der Waals surface area contributed by atoms with E-state index in [-0.39, 0.29) is 6.61 Å². The molecule has 2 saturated carbocycles. The van der Waals surface area contributed by atoms with Crippen LogP contribution in [0, 0.1) is 17.8 Å². The first kappa shape index (κ1) is 11.9. The van der Waals surface area contributed by atoms with Gasteiger partial charge in [0.2, 0.25) is 0 Å². The van der Waals surface area contributed by atoms with Crippen molar-refractivity contribution in [2.45, 2.75) is 32.3 Å². The van der Waals surface area contributed by atoms with Crippen LogP contribution in [0.25, 0.3) is 0 Å². The van der Waals surface area contributed by atoms with Crippen molar-refractivity contribution < 1.29 is 5.11 Å². The van der Waals surface area contributed by atoms with Crippen LogP contribution in [0.4, 0.5) is 5.82 Å². The van der Waals surface area contributed by atoms with Gasteiger partial charge in [0.15, 0.2) is 0 Å². The van der Waals surface area contributed by atoms with E-state index in [1.807, 2.05) is 0 Å². The van der Waals surface area contributed by atoms with Gasteiger partial charge in [-0.15, -0.1) is 0 Å². The van der Waals surface area contributed by atoms with Crippen LogP contribution in [-0.4, -0.2) is 28.7 Å². The van der Waals surface area contributed by atoms with Crippen molar-refractivity contribution in [1.82, 2.24) is 9.97 Å². The number of aliphatic hydroxyl groups is 1. The van der Waals surface area contributed by atoms with Crippen LogP contribution < -0.4 is 4.90 Å². The van der Waals surface area contributed by atoms with Gasteiger partial charge in [-0.25, -0.2) is 9.97 Å². The molecule has 0 aliphatic heterocycles. The third-order valence-corrected chi connectivity index (χ3v) is 4.69. The minimum absolute atomic E-state index is 0.0111. The van der Waals surface area contributed by atoms with Gasteiger partial charge in [0.25, 0.3) is 0 Å². The number of fused-ring (bicyclic) bond motifs is 2. The Morgan fingerprint density at radius 1 is 1.39 bits per heavy atom. The molecule has 0 amide bonds. The number of hydrogen-bond donors (Lipinski definition) is 1. The Labute approximate surface area is 108 Å². The monoisotopic (exact) mass is 247 g/mol. The second-order valence-corrected chi connectivity index (χ2v) is 5.85. The van der Waals surface area contributed by atoms with Gasteiger partial charge in [-0.3, -0.25) is 0 Å². The van der Waals surface area contributed by atoms with Crippen molar-refractivity contribution in [1.29, 1.82) is 0 Å². The lowest BCUT2D eigenvalue weighted by atomic mass is 9.88. The summed E-state index contributed by atoms with van der Waals surface area (Å²) in [5, 5.41) is 9.33. The summed E-state index contributed by atoms with van der Waals surface area (Å²) in [6.45, 7) is 1.07. The second kappa shape index (κ2) is 4.84. The highest BCUT2D eigenvalue weighted by Crippen LogP contribution is 2.48. The smallest absolute Gasteiger partial charge is 0.137 e. The molecule has 4 nitrogen and oxygen atoms in total. The summed E-state index contributed by atoms with van der Waals surface area (Å²) in [4.78, 5) is 10.5. The standard InChI is InChI=1S/C14H21N3O/c1-17(14-13(8-18)6-15-9-16-14)7-12-5-10-2-3-11(12)4-10/h6,9-12,18H,2-5,7-8H2,1H3. The van der Waals surface area contributed by atoms with E-state index < -0.39 is 0 Å². The maximum Gasteiger partial charge on any atom is 0.137 e. The van der Waals surface area contributed by atoms with Crippen molar-refractivity contribution in [3.63, 3.8) is 0 Å². The molecule has 2 aliphatic rings. The first-order valence-corrected chi connectivity index (χ1v) is 6.88. The SMILES string of the molecule is CN(CC1CC2CCC1C2)c1ncncc1CO. The fourth-order valence-corrected chi connectivity index (χ4v) is 3.85. The summed E-state index contributed by atoms with van der Waals surface area (Å²) in [6.07, 6.45) is 8.95. The van der Waals surface area contributed by atoms with E-state index in [9.17, 15) is 5.11 Å². The molecule has 3 atom stereocenters. The minimum atomic E-state index is 0.0111. The Bertz CT molecular complexity index is 423. The van der Waals surface area contributed by atoms with Gasteiger partial charge in [0, 0.05) is 25.4 Å². The number of nitrogens with zero attached hydrogens (tertiary/aromatic N) is 3. The first-order valence-electron chi connectivity index (χ1n) is 6.88. The number of anilines is 1. The predicted octanol–water partition coefficient (Wildman–Crippen LogP) is 1.84. The Morgan fingerprint density at radius 2 is 2.28 bits per heavy atom. The summed E-state index contributed by atoms with van der Waals surface area (Å²) in [5.41, 5.74) is 0.822. The summed E-state index contributed by atoms with van der Waals surface area (Å²) in [5.74, 6) is 3.61. The van der Waals surface area contributed by atoms with Crippen molar-refractivity contribution in [3.8, 4) is 0 Å². The van der Waals surface area contributed by atoms with Gasteiger partial charge in [-0.2, -0.15) is 0 Å². The molecular formula is C14H21N3O. The normalized spacial score (nSPS) is 29.8. The van der Waals surface area contributed by atoms with Gasteiger partial charge in [-0.05, 0) is 37.0 Å². The van der Waals surface area contributed by atoms with Crippen LogP contribution in [0.5, 0.6) is 0 Å². The highest BCUT2D eigenvalue weighted by Gasteiger charge is 2.39. The number of rotatable bonds is 4. The molecule has 3 unspecified atom stereocenters. The summed E-state index contributed by atoms with van der Waals surface area (Å²) in [6, 6.07) is 0. The van der Waals surface area contributed by atoms with Crippen LogP contribution in [0.15, 0.2) is 12.5 Å². The topological polar surface area (TPSA) is 49.2 Å². The second-order valence-electron chi connectivity index (χ2n) is 5.85. The summed E-state index contributed by atoms with van der Waals surface area (Å²) >= 11 is 0. The molecule has 18 heavy (non-hydrogen) atoms. The van der Waals surface area contributed by atoms with Crippen LogP contribution in [0.1, 0.15) is 31.2 Å². The average molecular weight is 247 g/mol. The molecule has 3 rings (SSSR count). The largest absolute Gasteiger partial charge is 0.391 e. The van der Waals surface area contributed by atoms with Crippen molar-refractivity contribution >= 4 is 5.82 Å². The molecule has 0 radical (unpaired) electrons. The fourth-order valence-electron chi connectivity index (χ4n) is 3.85. The molecule has 0 aromatic carbocycles. The molecule has 1 aromatic rings. The van der Waals surface area contributed by atoms with Crippen LogP contribution >= 0.6 is 0 Å². The van der Waals surface area contributed by atoms with Crippen LogP contribution in [0.3, 0.4) is 0 Å². The summed E-state index contributed by atoms with van der Waals surface area (Å²) in [7, 11) is 2.08. The average Bonchev–Trinajstić information content (AvgIpc) is 3.01. The van der Waals surface area contributed by atoms with Gasteiger partial charge < -0.3 is 10.0 Å². The molecule has 4 heteroatoms. The van der Waals surface area contributed by atoms with E-state index in [1.165, 1.54) is 25.7 Å². The molecule has 1 heterocycles. The Kier molecular flexibility index (Phi) is 3.20. The van der Waals surface area contributed by atoms with E-state index in [4.69, 9.17) is 0 Å². The van der Waals surface area contributed by atoms with E-state index in [2.05, 4.69) is 21.9 Å². The molecular weight excluding hydrogens is 226 g/mol. The zero-order chi connectivity index (χ0) is 12.5. The number of hydrogen-bond acceptors (Lipinski definition) is 4. The molecule has 2 bridgehead atoms. The molecule has 1 N–H and O–H groups in total. The minimum Gasteiger partial charge on any atom is -0.391 e. The number of aliphatic hydroxyl groups excluding tert-OH is 1. The highest BCUT2D eigenvalue weighted by molar-refractivity contribution is 5.44. The van der Waals surface area contributed by atoms with Crippen molar-refractivity contribution in [2.75, 3.05) is 18.5 Å².